The van der Waals surface area contributed by atoms with E-state index in [9.17, 15) is 8.42 Å². The number of anilines is 2. The lowest BCUT2D eigenvalue weighted by atomic mass is 9.99. The molecule has 4 aromatic rings. The maximum absolute atomic E-state index is 13.1. The summed E-state index contributed by atoms with van der Waals surface area (Å²) in [4.78, 5) is 11.2. The third-order valence-electron chi connectivity index (χ3n) is 6.56. The van der Waals surface area contributed by atoms with E-state index in [1.165, 1.54) is 32.7 Å². The molecule has 1 aliphatic rings. The van der Waals surface area contributed by atoms with Crippen molar-refractivity contribution < 1.29 is 27.4 Å². The van der Waals surface area contributed by atoms with Crippen LogP contribution in [0.3, 0.4) is 0 Å². The van der Waals surface area contributed by atoms with Gasteiger partial charge in [-0.15, -0.1) is 0 Å². The first-order chi connectivity index (χ1) is 18.4. The highest BCUT2D eigenvalue weighted by Crippen LogP contribution is 2.36. The highest BCUT2D eigenvalue weighted by atomic mass is 32.2. The molecule has 2 heterocycles. The summed E-state index contributed by atoms with van der Waals surface area (Å²) in [5.74, 6) is 2.76. The predicted octanol–water partition coefficient (Wildman–Crippen LogP) is 4.03. The van der Waals surface area contributed by atoms with E-state index in [-0.39, 0.29) is 4.90 Å². The molecular weight excluding hydrogens is 508 g/mol. The van der Waals surface area contributed by atoms with Crippen molar-refractivity contribution in [2.75, 3.05) is 44.6 Å². The monoisotopic (exact) mass is 536 g/mol. The van der Waals surface area contributed by atoms with Crippen LogP contribution in [0.1, 0.15) is 11.1 Å². The molecule has 0 saturated carbocycles. The number of hydrogen-bond donors (Lipinski definition) is 1. The van der Waals surface area contributed by atoms with Crippen LogP contribution in [0.15, 0.2) is 59.8 Å². The van der Waals surface area contributed by atoms with E-state index in [0.29, 0.717) is 35.2 Å². The normalized spacial score (nSPS) is 13.1. The zero-order valence-corrected chi connectivity index (χ0v) is 22.3. The Morgan fingerprint density at radius 2 is 1.50 bits per heavy atom. The van der Waals surface area contributed by atoms with Crippen LogP contribution in [-0.4, -0.2) is 53.4 Å². The van der Waals surface area contributed by atoms with E-state index in [4.69, 9.17) is 18.9 Å². The van der Waals surface area contributed by atoms with E-state index in [1.54, 1.807) is 26.4 Å². The van der Waals surface area contributed by atoms with Gasteiger partial charge in [-0.1, -0.05) is 6.07 Å². The molecule has 1 aromatic heterocycles. The largest absolute Gasteiger partial charge is 0.493 e. The minimum atomic E-state index is -3.85. The average molecular weight is 537 g/mol. The Kier molecular flexibility index (Phi) is 6.85. The third kappa shape index (κ3) is 4.72. The molecule has 3 aromatic carbocycles. The van der Waals surface area contributed by atoms with E-state index < -0.39 is 10.0 Å². The van der Waals surface area contributed by atoms with Crippen molar-refractivity contribution in [3.05, 3.63) is 66.0 Å². The Balaban J connectivity index is 1.43. The molecule has 1 aliphatic heterocycles. The molecule has 0 amide bonds. The number of sulfonamides is 1. The Morgan fingerprint density at radius 1 is 0.789 bits per heavy atom. The molecule has 0 fully saturated rings. The zero-order chi connectivity index (χ0) is 26.9. The summed E-state index contributed by atoms with van der Waals surface area (Å²) in [6.07, 6.45) is 2.32. The van der Waals surface area contributed by atoms with E-state index in [2.05, 4.69) is 19.6 Å². The first kappa shape index (κ1) is 25.4. The average Bonchev–Trinajstić information content (AvgIpc) is 2.94. The van der Waals surface area contributed by atoms with Crippen LogP contribution in [0.5, 0.6) is 23.0 Å². The number of nitrogens with one attached hydrogen (secondary N) is 1. The Morgan fingerprint density at radius 3 is 2.24 bits per heavy atom. The van der Waals surface area contributed by atoms with Gasteiger partial charge in [-0.25, -0.2) is 18.4 Å². The lowest BCUT2D eigenvalue weighted by Crippen LogP contribution is -2.31. The fourth-order valence-corrected chi connectivity index (χ4v) is 5.69. The van der Waals surface area contributed by atoms with Gasteiger partial charge in [0.1, 0.15) is 12.1 Å². The highest BCUT2D eigenvalue weighted by molar-refractivity contribution is 7.92. The number of rotatable bonds is 8. The minimum Gasteiger partial charge on any atom is -0.493 e. The Bertz CT molecular complexity index is 1610. The van der Waals surface area contributed by atoms with Crippen LogP contribution in [0.25, 0.3) is 10.9 Å². The van der Waals surface area contributed by atoms with E-state index in [1.807, 2.05) is 24.3 Å². The smallest absolute Gasteiger partial charge is 0.262 e. The molecule has 0 spiro atoms. The molecule has 0 saturated heterocycles. The van der Waals surface area contributed by atoms with E-state index in [0.717, 1.165) is 40.8 Å². The summed E-state index contributed by atoms with van der Waals surface area (Å²) in [6, 6.07) is 13.8. The van der Waals surface area contributed by atoms with Crippen molar-refractivity contribution in [1.29, 1.82) is 0 Å². The molecule has 1 N–H and O–H groups in total. The zero-order valence-electron chi connectivity index (χ0n) is 21.5. The molecular formula is C27H28N4O6S. The second-order valence-electron chi connectivity index (χ2n) is 8.70. The number of hydrogen-bond acceptors (Lipinski definition) is 9. The maximum atomic E-state index is 13.1. The lowest BCUT2D eigenvalue weighted by molar-refractivity contribution is 0.354. The van der Waals surface area contributed by atoms with Gasteiger partial charge < -0.3 is 23.8 Å². The topological polar surface area (TPSA) is 112 Å². The number of aromatic nitrogens is 2. The Labute approximate surface area is 221 Å². The van der Waals surface area contributed by atoms with Gasteiger partial charge in [-0.2, -0.15) is 0 Å². The second-order valence-corrected chi connectivity index (χ2v) is 10.4. The number of fused-ring (bicyclic) bond motifs is 2. The Hall–Kier alpha value is -4.25. The summed E-state index contributed by atoms with van der Waals surface area (Å²) in [6.45, 7) is 1.31. The summed E-state index contributed by atoms with van der Waals surface area (Å²) in [5, 5.41) is 0.846. The first-order valence-electron chi connectivity index (χ1n) is 11.8. The van der Waals surface area contributed by atoms with Crippen LogP contribution in [0.2, 0.25) is 0 Å². The molecule has 0 atom stereocenters. The van der Waals surface area contributed by atoms with E-state index >= 15 is 0 Å². The standard InChI is InChI=1S/C27H28N4O6S/c1-34-23-8-7-20(12-24(23)35-2)38(32,33)30-19-6-5-17-9-10-31(15-18(17)11-19)27-21-13-25(36-3)26(37-4)14-22(21)28-16-29-27/h5-8,11-14,16,30H,9-10,15H2,1-4H3. The predicted molar refractivity (Wildman–Crippen MR) is 144 cm³/mol. The molecule has 0 aliphatic carbocycles. The fourth-order valence-electron chi connectivity index (χ4n) is 4.62. The van der Waals surface area contributed by atoms with Gasteiger partial charge in [0.25, 0.3) is 10.0 Å². The summed E-state index contributed by atoms with van der Waals surface area (Å²) in [7, 11) is 2.29. The summed E-state index contributed by atoms with van der Waals surface area (Å²) in [5.41, 5.74) is 3.39. The minimum absolute atomic E-state index is 0.0753. The summed E-state index contributed by atoms with van der Waals surface area (Å²) < 4.78 is 50.3. The third-order valence-corrected chi connectivity index (χ3v) is 7.93. The van der Waals surface area contributed by atoms with Crippen LogP contribution in [0, 0.1) is 0 Å². The molecule has 38 heavy (non-hydrogen) atoms. The van der Waals surface area contributed by atoms with Gasteiger partial charge in [0, 0.05) is 36.3 Å². The highest BCUT2D eigenvalue weighted by Gasteiger charge is 2.23. The number of methoxy groups -OCH3 is 4. The van der Waals surface area contributed by atoms with Gasteiger partial charge >= 0.3 is 0 Å². The SMILES string of the molecule is COc1ccc(S(=O)(=O)Nc2ccc3c(c2)CN(c2ncnc4cc(OC)c(OC)cc24)CC3)cc1OC. The van der Waals surface area contributed by atoms with Gasteiger partial charge in [-0.3, -0.25) is 4.72 Å². The van der Waals surface area contributed by atoms with Crippen LogP contribution >= 0.6 is 0 Å². The van der Waals surface area contributed by atoms with Crippen LogP contribution in [-0.2, 0) is 23.0 Å². The van der Waals surface area contributed by atoms with Crippen molar-refractivity contribution in [1.82, 2.24) is 9.97 Å². The molecule has 5 rings (SSSR count). The van der Waals surface area contributed by atoms with Gasteiger partial charge in [0.2, 0.25) is 0 Å². The van der Waals surface area contributed by atoms with Crippen molar-refractivity contribution >= 4 is 32.4 Å². The van der Waals surface area contributed by atoms with Crippen LogP contribution < -0.4 is 28.6 Å². The molecule has 10 nitrogen and oxygen atoms in total. The van der Waals surface area contributed by atoms with Crippen molar-refractivity contribution in [3.8, 4) is 23.0 Å². The molecule has 198 valence electrons. The fraction of sp³-hybridized carbons (Fsp3) is 0.259. The van der Waals surface area contributed by atoms with Crippen LogP contribution in [0.4, 0.5) is 11.5 Å². The first-order valence-corrected chi connectivity index (χ1v) is 13.3. The van der Waals surface area contributed by atoms with Gasteiger partial charge in [0.05, 0.1) is 38.9 Å². The second kappa shape index (κ2) is 10.3. The lowest BCUT2D eigenvalue weighted by Gasteiger charge is -2.31. The molecule has 11 heteroatoms. The molecule has 0 unspecified atom stereocenters. The number of benzene rings is 3. The number of ether oxygens (including phenoxy) is 4. The quantitative estimate of drug-likeness (QED) is 0.357. The molecule has 0 bridgehead atoms. The maximum Gasteiger partial charge on any atom is 0.262 e. The molecule has 0 radical (unpaired) electrons. The van der Waals surface area contributed by atoms with Crippen molar-refractivity contribution in [2.24, 2.45) is 0 Å². The van der Waals surface area contributed by atoms with Gasteiger partial charge in [-0.05, 0) is 47.9 Å². The van der Waals surface area contributed by atoms with Gasteiger partial charge in [0.15, 0.2) is 23.0 Å². The van der Waals surface area contributed by atoms with Crippen molar-refractivity contribution in [2.45, 2.75) is 17.9 Å². The summed E-state index contributed by atoms with van der Waals surface area (Å²) >= 11 is 0. The van der Waals surface area contributed by atoms with Crippen molar-refractivity contribution in [3.63, 3.8) is 0 Å². The number of nitrogens with zero attached hydrogens (tertiary/aromatic N) is 3.